The van der Waals surface area contributed by atoms with Gasteiger partial charge in [0.15, 0.2) is 18.8 Å². The van der Waals surface area contributed by atoms with Gasteiger partial charge in [0.05, 0.1) is 42.7 Å². The van der Waals surface area contributed by atoms with Crippen LogP contribution in [0.1, 0.15) is 30.0 Å². The van der Waals surface area contributed by atoms with Gasteiger partial charge in [-0.3, -0.25) is 29.0 Å². The van der Waals surface area contributed by atoms with E-state index in [9.17, 15) is 19.5 Å². The smallest absolute Gasteiger partial charge is 0.269 e. The molecule has 5 aromatic carbocycles. The van der Waals surface area contributed by atoms with E-state index < -0.39 is 37.5 Å². The monoisotopic (exact) mass is 854 g/mol. The molecule has 1 spiro atoms. The molecule has 4 aliphatic rings. The Kier molecular flexibility index (Phi) is 10.7. The van der Waals surface area contributed by atoms with Crippen molar-refractivity contribution in [1.29, 1.82) is 0 Å². The molecular formula is C48H47FN4O8Si. The fourth-order valence-electron chi connectivity index (χ4n) is 9.75. The Morgan fingerprint density at radius 1 is 0.774 bits per heavy atom. The van der Waals surface area contributed by atoms with Crippen molar-refractivity contribution in [1.82, 2.24) is 4.90 Å². The lowest BCUT2D eigenvalue weighted by atomic mass is 9.82. The number of para-hydroxylation sites is 4. The number of nitrogens with zero attached hydrogens (tertiary/aromatic N) is 4. The van der Waals surface area contributed by atoms with Gasteiger partial charge in [0, 0.05) is 41.5 Å². The summed E-state index contributed by atoms with van der Waals surface area (Å²) in [5.41, 5.74) is 2.46. The van der Waals surface area contributed by atoms with Crippen LogP contribution in [0.5, 0.6) is 11.5 Å². The SMILES string of the molecule is C[C@@H]1[C@@H]([Si](C)(C)F)[C@H](CC(=O)N(CCO)Cc2ccccc2)O[C@@]12C(=O)N(Cc1ccc(N3C(=O)COc4ccccc43)cc1)c1ccc(N3C(=O)COc4ccccc43)cc12. The highest BCUT2D eigenvalue weighted by Gasteiger charge is 2.67. The fraction of sp³-hybridized carbons (Fsp3) is 0.292. The first-order valence-corrected chi connectivity index (χ1v) is 23.8. The Balaban J connectivity index is 1.10. The minimum Gasteiger partial charge on any atom is -0.482 e. The largest absolute Gasteiger partial charge is 0.482 e. The molecule has 4 amide bonds. The molecule has 0 aromatic heterocycles. The molecule has 9 rings (SSSR count). The average molecular weight is 855 g/mol. The zero-order valence-electron chi connectivity index (χ0n) is 34.7. The van der Waals surface area contributed by atoms with Gasteiger partial charge in [0.1, 0.15) is 11.5 Å². The van der Waals surface area contributed by atoms with E-state index in [4.69, 9.17) is 14.2 Å². The van der Waals surface area contributed by atoms with Crippen LogP contribution in [0, 0.1) is 5.92 Å². The van der Waals surface area contributed by atoms with Crippen LogP contribution in [-0.4, -0.2) is 74.5 Å². The summed E-state index contributed by atoms with van der Waals surface area (Å²) in [5, 5.41) is 9.97. The van der Waals surface area contributed by atoms with Crippen LogP contribution in [0.15, 0.2) is 121 Å². The minimum atomic E-state index is -3.68. The van der Waals surface area contributed by atoms with Crippen molar-refractivity contribution in [3.63, 3.8) is 0 Å². The third-order valence-electron chi connectivity index (χ3n) is 12.5. The van der Waals surface area contributed by atoms with Crippen molar-refractivity contribution < 1.29 is 42.6 Å². The van der Waals surface area contributed by atoms with Gasteiger partial charge in [-0.05, 0) is 78.8 Å². The second-order valence-electron chi connectivity index (χ2n) is 16.7. The molecule has 4 heterocycles. The van der Waals surface area contributed by atoms with Crippen LogP contribution in [-0.2, 0) is 42.6 Å². The predicted molar refractivity (Wildman–Crippen MR) is 234 cm³/mol. The van der Waals surface area contributed by atoms with Gasteiger partial charge in [-0.2, -0.15) is 0 Å². The molecule has 1 saturated heterocycles. The molecule has 5 aromatic rings. The first-order valence-electron chi connectivity index (χ1n) is 20.8. The number of carbonyl (C=O) groups excluding carboxylic acids is 4. The van der Waals surface area contributed by atoms with Gasteiger partial charge in [-0.15, -0.1) is 0 Å². The fourth-order valence-corrected chi connectivity index (χ4v) is 12.2. The molecule has 0 aliphatic carbocycles. The summed E-state index contributed by atoms with van der Waals surface area (Å²) < 4.78 is 35.3. The molecule has 14 heteroatoms. The number of ether oxygens (including phenoxy) is 3. The number of fused-ring (bicyclic) bond motifs is 4. The highest BCUT2D eigenvalue weighted by molar-refractivity contribution is 6.72. The molecule has 4 aliphatic heterocycles. The number of halogens is 1. The number of anilines is 5. The summed E-state index contributed by atoms with van der Waals surface area (Å²) in [6, 6.07) is 36.7. The summed E-state index contributed by atoms with van der Waals surface area (Å²) >= 11 is 0. The van der Waals surface area contributed by atoms with Crippen LogP contribution in [0.2, 0.25) is 18.6 Å². The summed E-state index contributed by atoms with van der Waals surface area (Å²) in [6.45, 7) is 4.88. The lowest BCUT2D eigenvalue weighted by Gasteiger charge is -2.32. The van der Waals surface area contributed by atoms with Crippen molar-refractivity contribution in [2.24, 2.45) is 5.92 Å². The van der Waals surface area contributed by atoms with Crippen LogP contribution in [0.4, 0.5) is 32.5 Å². The first-order chi connectivity index (χ1) is 29.9. The van der Waals surface area contributed by atoms with E-state index in [1.54, 1.807) is 63.0 Å². The van der Waals surface area contributed by atoms with Gasteiger partial charge in [-0.1, -0.05) is 73.7 Å². The summed E-state index contributed by atoms with van der Waals surface area (Å²) in [5.74, 6) is -0.835. The summed E-state index contributed by atoms with van der Waals surface area (Å²) in [4.78, 5) is 62.7. The number of hydrogen-bond donors (Lipinski definition) is 1. The molecule has 62 heavy (non-hydrogen) atoms. The van der Waals surface area contributed by atoms with Crippen molar-refractivity contribution in [2.75, 3.05) is 41.1 Å². The number of aliphatic hydroxyl groups is 1. The minimum absolute atomic E-state index is 0.0706. The maximum Gasteiger partial charge on any atom is 0.269 e. The Morgan fingerprint density at radius 2 is 1.35 bits per heavy atom. The van der Waals surface area contributed by atoms with E-state index in [0.29, 0.717) is 45.5 Å². The number of carbonyl (C=O) groups is 4. The second-order valence-corrected chi connectivity index (χ2v) is 20.5. The van der Waals surface area contributed by atoms with Gasteiger partial charge >= 0.3 is 0 Å². The molecule has 318 valence electrons. The molecule has 1 N–H and O–H groups in total. The normalized spacial score (nSPS) is 21.7. The summed E-state index contributed by atoms with van der Waals surface area (Å²) in [7, 11) is -3.68. The van der Waals surface area contributed by atoms with Crippen molar-refractivity contribution in [3.8, 4) is 11.5 Å². The maximum atomic E-state index is 16.9. The Bertz CT molecular complexity index is 2550. The quantitative estimate of drug-likeness (QED) is 0.107. The predicted octanol–water partition coefficient (Wildman–Crippen LogP) is 7.53. The molecule has 0 saturated carbocycles. The molecule has 0 radical (unpaired) electrons. The van der Waals surface area contributed by atoms with Gasteiger partial charge in [0.25, 0.3) is 17.7 Å². The summed E-state index contributed by atoms with van der Waals surface area (Å²) in [6.07, 6.45) is -1.17. The molecule has 12 nitrogen and oxygen atoms in total. The van der Waals surface area contributed by atoms with E-state index in [0.717, 1.165) is 11.1 Å². The van der Waals surface area contributed by atoms with E-state index in [2.05, 4.69) is 0 Å². The zero-order valence-corrected chi connectivity index (χ0v) is 35.7. The van der Waals surface area contributed by atoms with Crippen molar-refractivity contribution in [3.05, 3.63) is 138 Å². The van der Waals surface area contributed by atoms with Gasteiger partial charge in [-0.25, -0.2) is 0 Å². The highest BCUT2D eigenvalue weighted by atomic mass is 28.4. The lowest BCUT2D eigenvalue weighted by Crippen LogP contribution is -2.45. The van der Waals surface area contributed by atoms with E-state index in [-0.39, 0.29) is 63.6 Å². The number of hydrogen-bond acceptors (Lipinski definition) is 8. The van der Waals surface area contributed by atoms with Gasteiger partial charge in [0.2, 0.25) is 14.3 Å². The van der Waals surface area contributed by atoms with Crippen LogP contribution in [0.3, 0.4) is 0 Å². The Labute approximate surface area is 360 Å². The third-order valence-corrected chi connectivity index (χ3v) is 14.9. The topological polar surface area (TPSA) is 129 Å². The Morgan fingerprint density at radius 3 is 1.97 bits per heavy atom. The average Bonchev–Trinajstić information content (AvgIpc) is 3.69. The number of rotatable bonds is 11. The van der Waals surface area contributed by atoms with Crippen LogP contribution in [0.25, 0.3) is 0 Å². The number of aliphatic hydroxyl groups excluding tert-OH is 1. The number of amides is 4. The lowest BCUT2D eigenvalue weighted by molar-refractivity contribution is -0.150. The molecule has 0 unspecified atom stereocenters. The highest BCUT2D eigenvalue weighted by Crippen LogP contribution is 2.61. The van der Waals surface area contributed by atoms with Crippen LogP contribution >= 0.6 is 0 Å². The van der Waals surface area contributed by atoms with E-state index >= 15 is 8.90 Å². The maximum absolute atomic E-state index is 16.9. The van der Waals surface area contributed by atoms with Crippen molar-refractivity contribution >= 4 is 60.5 Å². The van der Waals surface area contributed by atoms with Gasteiger partial charge < -0.3 is 33.2 Å². The third kappa shape index (κ3) is 7.11. The Hall–Kier alpha value is -6.35. The second kappa shape index (κ2) is 16.2. The van der Waals surface area contributed by atoms with E-state index in [1.807, 2.05) is 97.9 Å². The zero-order chi connectivity index (χ0) is 43.3. The number of benzene rings is 5. The van der Waals surface area contributed by atoms with E-state index in [1.165, 1.54) is 0 Å². The first kappa shape index (κ1) is 41.0. The molecular weight excluding hydrogens is 808 g/mol. The van der Waals surface area contributed by atoms with Crippen LogP contribution < -0.4 is 24.2 Å². The molecule has 1 fully saturated rings. The standard InChI is InChI=1S/C48H47FN4O8Si/c1-31-46(62(2,3)49)42(26-43(55)50(23-24-54)27-32-11-5-4-6-12-32)61-48(31)36-25-35(53-39-14-8-10-16-41(39)60-30-45(53)57)21-22-37(36)51(47(48)58)28-33-17-19-34(20-18-33)52-38-13-7-9-15-40(38)59-29-44(52)56/h4-22,25,31,42,46,54H,23-24,26-30H2,1-3H3/t31-,42+,46-,48+/m1/s1. The molecule has 0 bridgehead atoms. The van der Waals surface area contributed by atoms with Crippen molar-refractivity contribution in [2.45, 2.75) is 56.8 Å². The molecule has 4 atom stereocenters.